The van der Waals surface area contributed by atoms with Crippen LogP contribution in [0.15, 0.2) is 78.9 Å². The SMILES string of the molecule is CS(=O)(=O)N(CC(=O)Nc1cccc(C(F)(F)F)c1)c1ccc(OCc2ccccc2)cc1. The average Bonchev–Trinajstić information content (AvgIpc) is 2.76. The van der Waals surface area contributed by atoms with Crippen LogP contribution >= 0.6 is 0 Å². The summed E-state index contributed by atoms with van der Waals surface area (Å²) < 4.78 is 69.7. The molecule has 0 saturated heterocycles. The number of anilines is 2. The topological polar surface area (TPSA) is 75.7 Å². The molecule has 1 N–H and O–H groups in total. The fourth-order valence-corrected chi connectivity index (χ4v) is 3.81. The maximum atomic E-state index is 12.9. The van der Waals surface area contributed by atoms with E-state index >= 15 is 0 Å². The first kappa shape index (κ1) is 24.1. The van der Waals surface area contributed by atoms with E-state index < -0.39 is 34.2 Å². The van der Waals surface area contributed by atoms with Gasteiger partial charge in [0.15, 0.2) is 0 Å². The Kier molecular flexibility index (Phi) is 7.27. The summed E-state index contributed by atoms with van der Waals surface area (Å²) in [7, 11) is -3.85. The van der Waals surface area contributed by atoms with Crippen molar-refractivity contribution in [2.45, 2.75) is 12.8 Å². The van der Waals surface area contributed by atoms with E-state index in [1.165, 1.54) is 18.2 Å². The number of sulfonamides is 1. The monoisotopic (exact) mass is 478 g/mol. The quantitative estimate of drug-likeness (QED) is 0.510. The molecular weight excluding hydrogens is 457 g/mol. The van der Waals surface area contributed by atoms with Crippen LogP contribution in [-0.2, 0) is 27.6 Å². The van der Waals surface area contributed by atoms with Gasteiger partial charge in [-0.2, -0.15) is 13.2 Å². The second-order valence-corrected chi connectivity index (χ2v) is 9.07. The van der Waals surface area contributed by atoms with Crippen molar-refractivity contribution >= 4 is 27.3 Å². The Morgan fingerprint density at radius 2 is 1.64 bits per heavy atom. The molecule has 0 aromatic heterocycles. The highest BCUT2D eigenvalue weighted by Crippen LogP contribution is 2.30. The van der Waals surface area contributed by atoms with Gasteiger partial charge in [-0.1, -0.05) is 36.4 Å². The molecule has 0 aliphatic carbocycles. The Morgan fingerprint density at radius 1 is 0.970 bits per heavy atom. The van der Waals surface area contributed by atoms with Crippen LogP contribution < -0.4 is 14.4 Å². The standard InChI is InChI=1S/C23H21F3N2O4S/c1-33(30,31)28(15-22(29)27-19-9-5-8-18(14-19)23(24,25)26)20-10-12-21(13-11-20)32-16-17-6-3-2-4-7-17/h2-14H,15-16H2,1H3,(H,27,29). The van der Waals surface area contributed by atoms with Crippen molar-refractivity contribution in [3.05, 3.63) is 90.0 Å². The molecule has 10 heteroatoms. The normalized spacial score (nSPS) is 11.6. The lowest BCUT2D eigenvalue weighted by atomic mass is 10.2. The van der Waals surface area contributed by atoms with Gasteiger partial charge in [0.1, 0.15) is 18.9 Å². The predicted molar refractivity (Wildman–Crippen MR) is 119 cm³/mol. The number of alkyl halides is 3. The van der Waals surface area contributed by atoms with Crippen LogP contribution in [0.4, 0.5) is 24.5 Å². The van der Waals surface area contributed by atoms with Gasteiger partial charge in [-0.3, -0.25) is 9.10 Å². The average molecular weight is 478 g/mol. The van der Waals surface area contributed by atoms with Crippen LogP contribution in [0.3, 0.4) is 0 Å². The Bertz CT molecular complexity index is 1200. The molecule has 0 fully saturated rings. The van der Waals surface area contributed by atoms with Crippen LogP contribution in [0.2, 0.25) is 0 Å². The lowest BCUT2D eigenvalue weighted by Crippen LogP contribution is -2.37. The summed E-state index contributed by atoms with van der Waals surface area (Å²) in [6.45, 7) is -0.283. The second kappa shape index (κ2) is 9.95. The summed E-state index contributed by atoms with van der Waals surface area (Å²) in [5.41, 5.74) is 0.161. The Morgan fingerprint density at radius 3 is 2.24 bits per heavy atom. The molecule has 0 aliphatic rings. The molecular formula is C23H21F3N2O4S. The first-order valence-electron chi connectivity index (χ1n) is 9.74. The van der Waals surface area contributed by atoms with E-state index in [0.29, 0.717) is 12.4 Å². The largest absolute Gasteiger partial charge is 0.489 e. The number of hydrogen-bond donors (Lipinski definition) is 1. The highest BCUT2D eigenvalue weighted by Gasteiger charge is 2.30. The summed E-state index contributed by atoms with van der Waals surface area (Å²) in [4.78, 5) is 12.4. The number of nitrogens with zero attached hydrogens (tertiary/aromatic N) is 1. The molecule has 3 aromatic rings. The van der Waals surface area contributed by atoms with Crippen LogP contribution in [0.5, 0.6) is 5.75 Å². The third kappa shape index (κ3) is 6.98. The number of benzene rings is 3. The highest BCUT2D eigenvalue weighted by atomic mass is 32.2. The van der Waals surface area contributed by atoms with Gasteiger partial charge in [0.2, 0.25) is 15.9 Å². The molecule has 33 heavy (non-hydrogen) atoms. The number of nitrogens with one attached hydrogen (secondary N) is 1. The molecule has 0 spiro atoms. The zero-order chi connectivity index (χ0) is 24.1. The van der Waals surface area contributed by atoms with Gasteiger partial charge in [-0.15, -0.1) is 0 Å². The number of ether oxygens (including phenoxy) is 1. The maximum Gasteiger partial charge on any atom is 0.416 e. The van der Waals surface area contributed by atoms with Crippen molar-refractivity contribution < 1.29 is 31.1 Å². The molecule has 174 valence electrons. The number of rotatable bonds is 8. The van der Waals surface area contributed by atoms with E-state index in [-0.39, 0.29) is 11.4 Å². The Hall–Kier alpha value is -3.53. The number of halogens is 3. The van der Waals surface area contributed by atoms with Gasteiger partial charge in [-0.05, 0) is 48.0 Å². The summed E-state index contributed by atoms with van der Waals surface area (Å²) >= 11 is 0. The van der Waals surface area contributed by atoms with Crippen molar-refractivity contribution in [2.75, 3.05) is 22.4 Å². The van der Waals surface area contributed by atoms with Gasteiger partial charge in [-0.25, -0.2) is 8.42 Å². The second-order valence-electron chi connectivity index (χ2n) is 7.16. The molecule has 0 bridgehead atoms. The van der Waals surface area contributed by atoms with E-state index in [9.17, 15) is 26.4 Å². The van der Waals surface area contributed by atoms with Crippen LogP contribution in [0.1, 0.15) is 11.1 Å². The molecule has 3 rings (SSSR count). The zero-order valence-electron chi connectivity index (χ0n) is 17.5. The molecule has 0 unspecified atom stereocenters. The third-order valence-corrected chi connectivity index (χ3v) is 5.67. The van der Waals surface area contributed by atoms with Gasteiger partial charge < -0.3 is 10.1 Å². The lowest BCUT2D eigenvalue weighted by molar-refractivity contribution is -0.137. The van der Waals surface area contributed by atoms with E-state index in [0.717, 1.165) is 34.3 Å². The molecule has 6 nitrogen and oxygen atoms in total. The fraction of sp³-hybridized carbons (Fsp3) is 0.174. The summed E-state index contributed by atoms with van der Waals surface area (Å²) in [6.07, 6.45) is -3.63. The number of carbonyl (C=O) groups is 1. The Labute approximate surface area is 189 Å². The molecule has 0 heterocycles. The highest BCUT2D eigenvalue weighted by molar-refractivity contribution is 7.92. The number of amides is 1. The van der Waals surface area contributed by atoms with E-state index in [2.05, 4.69) is 5.32 Å². The zero-order valence-corrected chi connectivity index (χ0v) is 18.4. The Balaban J connectivity index is 1.69. The van der Waals surface area contributed by atoms with Crippen molar-refractivity contribution in [3.63, 3.8) is 0 Å². The summed E-state index contributed by atoms with van der Waals surface area (Å²) in [5.74, 6) is -0.284. The van der Waals surface area contributed by atoms with Crippen LogP contribution in [0, 0.1) is 0 Å². The van der Waals surface area contributed by atoms with Gasteiger partial charge >= 0.3 is 6.18 Å². The minimum atomic E-state index is -4.57. The summed E-state index contributed by atoms with van der Waals surface area (Å²) in [5, 5.41) is 2.31. The van der Waals surface area contributed by atoms with Crippen LogP contribution in [-0.4, -0.2) is 27.1 Å². The summed E-state index contributed by atoms with van der Waals surface area (Å²) in [6, 6.07) is 19.7. The van der Waals surface area contributed by atoms with Crippen molar-refractivity contribution in [2.24, 2.45) is 0 Å². The molecule has 0 aliphatic heterocycles. The number of carbonyl (C=O) groups excluding carboxylic acids is 1. The third-order valence-electron chi connectivity index (χ3n) is 4.53. The van der Waals surface area contributed by atoms with Gasteiger partial charge in [0, 0.05) is 5.69 Å². The van der Waals surface area contributed by atoms with E-state index in [1.807, 2.05) is 30.3 Å². The fourth-order valence-electron chi connectivity index (χ4n) is 2.95. The van der Waals surface area contributed by atoms with Crippen molar-refractivity contribution in [1.29, 1.82) is 0 Å². The lowest BCUT2D eigenvalue weighted by Gasteiger charge is -2.22. The molecule has 3 aromatic carbocycles. The smallest absolute Gasteiger partial charge is 0.416 e. The van der Waals surface area contributed by atoms with Gasteiger partial charge in [0.05, 0.1) is 17.5 Å². The predicted octanol–water partition coefficient (Wildman–Crippen LogP) is 4.69. The first-order valence-corrected chi connectivity index (χ1v) is 11.6. The van der Waals surface area contributed by atoms with Crippen molar-refractivity contribution in [3.8, 4) is 5.75 Å². The first-order chi connectivity index (χ1) is 15.5. The molecule has 0 saturated carbocycles. The van der Waals surface area contributed by atoms with Gasteiger partial charge in [0.25, 0.3) is 0 Å². The minimum Gasteiger partial charge on any atom is -0.489 e. The number of hydrogen-bond acceptors (Lipinski definition) is 4. The molecule has 0 atom stereocenters. The van der Waals surface area contributed by atoms with Crippen molar-refractivity contribution in [1.82, 2.24) is 0 Å². The molecule has 0 radical (unpaired) electrons. The van der Waals surface area contributed by atoms with E-state index in [1.54, 1.807) is 12.1 Å². The minimum absolute atomic E-state index is 0.0899. The molecule has 1 amide bonds. The van der Waals surface area contributed by atoms with Crippen LogP contribution in [0.25, 0.3) is 0 Å². The maximum absolute atomic E-state index is 12.9. The van der Waals surface area contributed by atoms with E-state index in [4.69, 9.17) is 4.74 Å².